The molecule has 0 aromatic heterocycles. The van der Waals surface area contributed by atoms with Gasteiger partial charge in [-0.2, -0.15) is 12.6 Å². The summed E-state index contributed by atoms with van der Waals surface area (Å²) in [5.41, 5.74) is 0. The number of thiol groups is 1. The van der Waals surface area contributed by atoms with Crippen molar-refractivity contribution in [1.29, 1.82) is 0 Å². The first-order valence-electron chi connectivity index (χ1n) is 15.7. The number of rotatable bonds is 25. The number of aliphatic hydroxyl groups is 3. The summed E-state index contributed by atoms with van der Waals surface area (Å²) >= 11 is 4.07. The van der Waals surface area contributed by atoms with E-state index in [0.29, 0.717) is 6.42 Å². The highest BCUT2D eigenvalue weighted by atomic mass is 32.1. The van der Waals surface area contributed by atoms with Crippen molar-refractivity contribution in [1.82, 2.24) is 4.90 Å². The third-order valence-electron chi connectivity index (χ3n) is 7.87. The first kappa shape index (κ1) is 36.2. The Morgan fingerprint density at radius 1 is 0.744 bits per heavy atom. The van der Waals surface area contributed by atoms with Crippen LogP contribution < -0.4 is 0 Å². The molecule has 0 bridgehead atoms. The lowest BCUT2D eigenvalue weighted by molar-refractivity contribution is -0.169. The van der Waals surface area contributed by atoms with Gasteiger partial charge in [0.2, 0.25) is 5.91 Å². The molecule has 1 amide bonds. The number of carboxylic acid groups (broad SMARTS) is 1. The van der Waals surface area contributed by atoms with Crippen LogP contribution in [0.3, 0.4) is 0 Å². The molecule has 1 fully saturated rings. The predicted octanol–water partition coefficient (Wildman–Crippen LogP) is 5.46. The second-order valence-electron chi connectivity index (χ2n) is 11.2. The minimum Gasteiger partial charge on any atom is -0.480 e. The van der Waals surface area contributed by atoms with Crippen molar-refractivity contribution in [2.45, 2.75) is 166 Å². The van der Waals surface area contributed by atoms with Crippen molar-refractivity contribution in [2.24, 2.45) is 0 Å². The summed E-state index contributed by atoms with van der Waals surface area (Å²) in [6, 6.07) is -1.30. The summed E-state index contributed by atoms with van der Waals surface area (Å²) in [5.74, 6) is -1.88. The molecule has 0 spiro atoms. The second-order valence-corrected chi connectivity index (χ2v) is 11.5. The van der Waals surface area contributed by atoms with Crippen LogP contribution in [-0.4, -0.2) is 80.1 Å². The van der Waals surface area contributed by atoms with Gasteiger partial charge in [-0.15, -0.1) is 0 Å². The van der Waals surface area contributed by atoms with E-state index >= 15 is 0 Å². The molecule has 4 N–H and O–H groups in total. The van der Waals surface area contributed by atoms with Crippen LogP contribution >= 0.6 is 12.6 Å². The zero-order valence-electron chi connectivity index (χ0n) is 24.4. The maximum Gasteiger partial charge on any atom is 0.327 e. The van der Waals surface area contributed by atoms with Gasteiger partial charge >= 0.3 is 5.97 Å². The van der Waals surface area contributed by atoms with Gasteiger partial charge in [0.25, 0.3) is 0 Å². The van der Waals surface area contributed by atoms with Gasteiger partial charge in [0.05, 0.1) is 6.61 Å². The van der Waals surface area contributed by atoms with E-state index < -0.39 is 49.1 Å². The SMILES string of the molecule is CCCCCCCCCCCCCCCCCCCCCC(=O)N(C1O[C@H](CO)[C@@H](O)[C@@H]1O)[C@@H](CS)C(=O)O. The van der Waals surface area contributed by atoms with E-state index in [1.54, 1.807) is 0 Å². The molecular formula is C30H57NO7S. The monoisotopic (exact) mass is 575 g/mol. The normalized spacial score (nSPS) is 21.8. The van der Waals surface area contributed by atoms with Gasteiger partial charge in [-0.1, -0.05) is 122 Å². The molecule has 1 aliphatic heterocycles. The molecule has 1 aliphatic rings. The molecule has 9 heteroatoms. The lowest BCUT2D eigenvalue weighted by Crippen LogP contribution is -2.55. The number of carbonyl (C=O) groups excluding carboxylic acids is 1. The molecule has 8 nitrogen and oxygen atoms in total. The number of hydrogen-bond donors (Lipinski definition) is 5. The summed E-state index contributed by atoms with van der Waals surface area (Å²) in [6.07, 6.45) is 18.7. The Kier molecular flexibility index (Phi) is 21.1. The van der Waals surface area contributed by atoms with Crippen LogP contribution in [0.25, 0.3) is 0 Å². The van der Waals surface area contributed by atoms with Crippen molar-refractivity contribution in [2.75, 3.05) is 12.4 Å². The van der Waals surface area contributed by atoms with Crippen LogP contribution in [0.15, 0.2) is 0 Å². The number of aliphatic hydroxyl groups excluding tert-OH is 3. The first-order valence-corrected chi connectivity index (χ1v) is 16.3. The third kappa shape index (κ3) is 14.5. The fourth-order valence-electron chi connectivity index (χ4n) is 5.37. The maximum atomic E-state index is 13.0. The van der Waals surface area contributed by atoms with Crippen LogP contribution in [0, 0.1) is 0 Å². The summed E-state index contributed by atoms with van der Waals surface area (Å²) in [6.45, 7) is 1.72. The first-order chi connectivity index (χ1) is 18.9. The van der Waals surface area contributed by atoms with Gasteiger partial charge in [-0.05, 0) is 6.42 Å². The van der Waals surface area contributed by atoms with Gasteiger partial charge < -0.3 is 25.2 Å². The van der Waals surface area contributed by atoms with Crippen LogP contribution in [0.2, 0.25) is 0 Å². The highest BCUT2D eigenvalue weighted by molar-refractivity contribution is 7.80. The average molecular weight is 576 g/mol. The topological polar surface area (TPSA) is 128 Å². The number of aliphatic carboxylic acids is 1. The number of amides is 1. The van der Waals surface area contributed by atoms with E-state index in [0.717, 1.165) is 24.2 Å². The van der Waals surface area contributed by atoms with E-state index in [-0.39, 0.29) is 12.2 Å². The van der Waals surface area contributed by atoms with Crippen LogP contribution in [0.5, 0.6) is 0 Å². The predicted molar refractivity (Wildman–Crippen MR) is 158 cm³/mol. The van der Waals surface area contributed by atoms with E-state index in [2.05, 4.69) is 19.6 Å². The molecule has 0 aliphatic carbocycles. The number of carbonyl (C=O) groups is 2. The second kappa shape index (κ2) is 22.8. The average Bonchev–Trinajstić information content (AvgIpc) is 3.20. The molecule has 1 saturated heterocycles. The summed E-state index contributed by atoms with van der Waals surface area (Å²) in [4.78, 5) is 25.7. The molecule has 230 valence electrons. The number of unbranched alkanes of at least 4 members (excludes halogenated alkanes) is 18. The van der Waals surface area contributed by atoms with Crippen LogP contribution in [0.4, 0.5) is 0 Å². The van der Waals surface area contributed by atoms with Crippen LogP contribution in [-0.2, 0) is 14.3 Å². The maximum absolute atomic E-state index is 13.0. The molecular weight excluding hydrogens is 518 g/mol. The highest BCUT2D eigenvalue weighted by Crippen LogP contribution is 2.27. The molecule has 5 atom stereocenters. The number of ether oxygens (including phenoxy) is 1. The van der Waals surface area contributed by atoms with Gasteiger partial charge in [0, 0.05) is 12.2 Å². The number of carboxylic acids is 1. The van der Waals surface area contributed by atoms with E-state index in [9.17, 15) is 30.0 Å². The van der Waals surface area contributed by atoms with Gasteiger partial charge in [-0.25, -0.2) is 4.79 Å². The summed E-state index contributed by atoms with van der Waals surface area (Å²) in [7, 11) is 0. The Balaban J connectivity index is 2.13. The van der Waals surface area contributed by atoms with Crippen molar-refractivity contribution < 1.29 is 34.8 Å². The zero-order valence-corrected chi connectivity index (χ0v) is 25.2. The van der Waals surface area contributed by atoms with E-state index in [1.807, 2.05) is 0 Å². The number of nitrogens with zero attached hydrogens (tertiary/aromatic N) is 1. The molecule has 1 heterocycles. The molecule has 0 radical (unpaired) electrons. The van der Waals surface area contributed by atoms with Crippen molar-refractivity contribution in [3.63, 3.8) is 0 Å². The standard InChI is InChI=1S/C30H57NO7S/c1-2-3-4-5-6-7-8-9-10-11-12-13-14-15-16-17-18-19-20-21-26(33)31(24(23-39)30(36)37)29-28(35)27(34)25(22-32)38-29/h24-25,27-29,32,34-35,39H,2-23H2,1H3,(H,36,37)/t24-,25+,27+,28-,29?/m0/s1. The Bertz CT molecular complexity index is 638. The van der Waals surface area contributed by atoms with Crippen molar-refractivity contribution >= 4 is 24.5 Å². The molecule has 1 unspecified atom stereocenters. The Hall–Kier alpha value is -0.870. The third-order valence-corrected chi connectivity index (χ3v) is 8.21. The minimum atomic E-state index is -1.50. The summed E-state index contributed by atoms with van der Waals surface area (Å²) < 4.78 is 5.45. The Morgan fingerprint density at radius 2 is 1.15 bits per heavy atom. The quantitative estimate of drug-likeness (QED) is 0.0723. The molecule has 39 heavy (non-hydrogen) atoms. The largest absolute Gasteiger partial charge is 0.480 e. The summed E-state index contributed by atoms with van der Waals surface area (Å²) in [5, 5.41) is 39.3. The molecule has 0 aromatic rings. The lowest BCUT2D eigenvalue weighted by Gasteiger charge is -2.34. The highest BCUT2D eigenvalue weighted by Gasteiger charge is 2.49. The van der Waals surface area contributed by atoms with E-state index in [4.69, 9.17) is 4.74 Å². The molecule has 0 saturated carbocycles. The molecule has 1 rings (SSSR count). The minimum absolute atomic E-state index is 0.128. The zero-order chi connectivity index (χ0) is 28.9. The van der Waals surface area contributed by atoms with Crippen molar-refractivity contribution in [3.05, 3.63) is 0 Å². The van der Waals surface area contributed by atoms with Gasteiger partial charge in [-0.3, -0.25) is 9.69 Å². The smallest absolute Gasteiger partial charge is 0.327 e. The lowest BCUT2D eigenvalue weighted by atomic mass is 10.0. The number of hydrogen-bond acceptors (Lipinski definition) is 7. The van der Waals surface area contributed by atoms with Gasteiger partial charge in [0.1, 0.15) is 24.4 Å². The van der Waals surface area contributed by atoms with Crippen LogP contribution in [0.1, 0.15) is 135 Å². The van der Waals surface area contributed by atoms with Crippen molar-refractivity contribution in [3.8, 4) is 0 Å². The van der Waals surface area contributed by atoms with Gasteiger partial charge in [0.15, 0.2) is 6.23 Å². The Labute approximate surface area is 242 Å². The molecule has 0 aromatic carbocycles. The fourth-order valence-corrected chi connectivity index (χ4v) is 5.70. The Morgan fingerprint density at radius 3 is 1.49 bits per heavy atom. The van der Waals surface area contributed by atoms with E-state index in [1.165, 1.54) is 96.3 Å². The fraction of sp³-hybridized carbons (Fsp3) is 0.933.